The Balaban J connectivity index is 2.24. The highest BCUT2D eigenvalue weighted by Crippen LogP contribution is 2.23. The second-order valence-electron chi connectivity index (χ2n) is 3.46. The minimum atomic E-state index is -0.495. The van der Waals surface area contributed by atoms with Gasteiger partial charge in [0.05, 0.1) is 5.69 Å². The second kappa shape index (κ2) is 4.18. The van der Waals surface area contributed by atoms with E-state index < -0.39 is 5.82 Å². The average molecular weight is 218 g/mol. The minimum Gasteiger partial charge on any atom is -0.439 e. The van der Waals surface area contributed by atoms with E-state index in [1.807, 2.05) is 13.0 Å². The molecule has 2 rings (SSSR count). The molecule has 0 radical (unpaired) electrons. The van der Waals surface area contributed by atoms with Crippen LogP contribution < -0.4 is 10.5 Å². The highest BCUT2D eigenvalue weighted by molar-refractivity contribution is 5.44. The first-order valence-corrected chi connectivity index (χ1v) is 4.81. The first-order valence-electron chi connectivity index (χ1n) is 4.81. The van der Waals surface area contributed by atoms with Gasteiger partial charge in [-0.1, -0.05) is 0 Å². The molecule has 0 saturated carbocycles. The lowest BCUT2D eigenvalue weighted by molar-refractivity contribution is 0.458. The number of anilines is 1. The fourth-order valence-corrected chi connectivity index (χ4v) is 1.26. The fraction of sp³-hybridized carbons (Fsp3) is 0.0833. The van der Waals surface area contributed by atoms with E-state index in [1.165, 1.54) is 12.1 Å². The van der Waals surface area contributed by atoms with Crippen LogP contribution in [0, 0.1) is 12.7 Å². The number of benzene rings is 1. The van der Waals surface area contributed by atoms with Gasteiger partial charge in [0.1, 0.15) is 11.6 Å². The fourth-order valence-electron chi connectivity index (χ4n) is 1.26. The van der Waals surface area contributed by atoms with Crippen LogP contribution in [0.3, 0.4) is 0 Å². The summed E-state index contributed by atoms with van der Waals surface area (Å²) in [6, 6.07) is 7.92. The minimum absolute atomic E-state index is 0.101. The molecule has 0 atom stereocenters. The van der Waals surface area contributed by atoms with E-state index in [0.717, 1.165) is 5.56 Å². The maximum absolute atomic E-state index is 13.1. The van der Waals surface area contributed by atoms with Crippen LogP contribution in [0.25, 0.3) is 0 Å². The lowest BCUT2D eigenvalue weighted by atomic mass is 10.3. The number of nitrogens with two attached hydrogens (primary N) is 1. The van der Waals surface area contributed by atoms with Crippen LogP contribution in [0.5, 0.6) is 11.6 Å². The zero-order valence-electron chi connectivity index (χ0n) is 8.77. The molecule has 3 nitrogen and oxygen atoms in total. The molecule has 1 aromatic heterocycles. The molecule has 2 N–H and O–H groups in total. The number of aromatic nitrogens is 1. The van der Waals surface area contributed by atoms with E-state index in [9.17, 15) is 4.39 Å². The van der Waals surface area contributed by atoms with Gasteiger partial charge in [0.15, 0.2) is 0 Å². The summed E-state index contributed by atoms with van der Waals surface area (Å²) in [4.78, 5) is 4.01. The molecule has 0 amide bonds. The van der Waals surface area contributed by atoms with Crippen molar-refractivity contribution in [1.82, 2.24) is 4.98 Å². The summed E-state index contributed by atoms with van der Waals surface area (Å²) < 4.78 is 18.5. The molecule has 4 heteroatoms. The van der Waals surface area contributed by atoms with Crippen LogP contribution in [0.2, 0.25) is 0 Å². The van der Waals surface area contributed by atoms with Crippen molar-refractivity contribution < 1.29 is 9.13 Å². The van der Waals surface area contributed by atoms with E-state index in [-0.39, 0.29) is 5.69 Å². The van der Waals surface area contributed by atoms with E-state index in [1.54, 1.807) is 18.3 Å². The van der Waals surface area contributed by atoms with Crippen molar-refractivity contribution in [1.29, 1.82) is 0 Å². The third-order valence-electron chi connectivity index (χ3n) is 2.08. The van der Waals surface area contributed by atoms with Crippen molar-refractivity contribution in [2.45, 2.75) is 6.92 Å². The second-order valence-corrected chi connectivity index (χ2v) is 3.46. The van der Waals surface area contributed by atoms with Gasteiger partial charge in [-0.3, -0.25) is 0 Å². The van der Waals surface area contributed by atoms with Crippen molar-refractivity contribution in [3.63, 3.8) is 0 Å². The van der Waals surface area contributed by atoms with Gasteiger partial charge in [0.25, 0.3) is 0 Å². The first-order chi connectivity index (χ1) is 7.65. The Labute approximate surface area is 92.7 Å². The van der Waals surface area contributed by atoms with Gasteiger partial charge in [0.2, 0.25) is 5.88 Å². The number of pyridine rings is 1. The van der Waals surface area contributed by atoms with Crippen LogP contribution >= 0.6 is 0 Å². The Morgan fingerprint density at radius 1 is 1.25 bits per heavy atom. The molecule has 0 unspecified atom stereocenters. The molecule has 0 aliphatic heterocycles. The summed E-state index contributed by atoms with van der Waals surface area (Å²) in [6.45, 7) is 1.93. The molecule has 0 aliphatic rings. The van der Waals surface area contributed by atoms with Crippen molar-refractivity contribution in [3.05, 3.63) is 47.9 Å². The van der Waals surface area contributed by atoms with Crippen LogP contribution in [0.4, 0.5) is 10.1 Å². The molecule has 2 aromatic rings. The molecule has 0 aliphatic carbocycles. The van der Waals surface area contributed by atoms with Crippen LogP contribution in [0.1, 0.15) is 5.56 Å². The summed E-state index contributed by atoms with van der Waals surface area (Å²) in [7, 11) is 0. The van der Waals surface area contributed by atoms with E-state index in [4.69, 9.17) is 10.5 Å². The molecule has 1 heterocycles. The zero-order valence-corrected chi connectivity index (χ0v) is 8.77. The number of ether oxygens (including phenoxy) is 1. The molecule has 16 heavy (non-hydrogen) atoms. The number of aryl methyl sites for hydroxylation is 1. The summed E-state index contributed by atoms with van der Waals surface area (Å²) in [6.07, 6.45) is 1.64. The first kappa shape index (κ1) is 10.4. The third-order valence-corrected chi connectivity index (χ3v) is 2.08. The molecular formula is C12H11FN2O. The molecule has 0 fully saturated rings. The Morgan fingerprint density at radius 3 is 2.75 bits per heavy atom. The highest BCUT2D eigenvalue weighted by atomic mass is 19.1. The number of hydrogen-bond donors (Lipinski definition) is 1. The van der Waals surface area contributed by atoms with Gasteiger partial charge in [0, 0.05) is 18.3 Å². The van der Waals surface area contributed by atoms with Crippen molar-refractivity contribution >= 4 is 5.69 Å². The van der Waals surface area contributed by atoms with Gasteiger partial charge in [-0.2, -0.15) is 0 Å². The summed E-state index contributed by atoms with van der Waals surface area (Å²) in [5, 5.41) is 0. The lowest BCUT2D eigenvalue weighted by Gasteiger charge is -2.05. The molecular weight excluding hydrogens is 207 g/mol. The Bertz CT molecular complexity index is 514. The molecule has 1 aromatic carbocycles. The van der Waals surface area contributed by atoms with Gasteiger partial charge >= 0.3 is 0 Å². The SMILES string of the molecule is Cc1ccnc(Oc2ccc(N)c(F)c2)c1. The van der Waals surface area contributed by atoms with Gasteiger partial charge < -0.3 is 10.5 Å². The van der Waals surface area contributed by atoms with Crippen molar-refractivity contribution in [2.75, 3.05) is 5.73 Å². The van der Waals surface area contributed by atoms with Crippen LogP contribution in [0.15, 0.2) is 36.5 Å². The molecule has 0 bridgehead atoms. The Morgan fingerprint density at radius 2 is 2.06 bits per heavy atom. The van der Waals surface area contributed by atoms with Gasteiger partial charge in [-0.25, -0.2) is 9.37 Å². The smallest absolute Gasteiger partial charge is 0.219 e. The zero-order chi connectivity index (χ0) is 11.5. The van der Waals surface area contributed by atoms with Crippen LogP contribution in [-0.2, 0) is 0 Å². The predicted molar refractivity (Wildman–Crippen MR) is 59.9 cm³/mol. The number of halogens is 1. The molecule has 82 valence electrons. The molecule has 0 spiro atoms. The van der Waals surface area contributed by atoms with E-state index in [2.05, 4.69) is 4.98 Å². The summed E-state index contributed by atoms with van der Waals surface area (Å²) >= 11 is 0. The standard InChI is InChI=1S/C12H11FN2O/c1-8-4-5-15-12(6-8)16-9-2-3-11(14)10(13)7-9/h2-7H,14H2,1H3. The highest BCUT2D eigenvalue weighted by Gasteiger charge is 2.03. The van der Waals surface area contributed by atoms with E-state index in [0.29, 0.717) is 11.6 Å². The predicted octanol–water partition coefficient (Wildman–Crippen LogP) is 2.90. The van der Waals surface area contributed by atoms with Gasteiger partial charge in [-0.05, 0) is 30.7 Å². The van der Waals surface area contributed by atoms with Crippen LogP contribution in [-0.4, -0.2) is 4.98 Å². The number of rotatable bonds is 2. The average Bonchev–Trinajstić information content (AvgIpc) is 2.24. The Kier molecular flexibility index (Phi) is 2.72. The van der Waals surface area contributed by atoms with E-state index >= 15 is 0 Å². The topological polar surface area (TPSA) is 48.1 Å². The normalized spacial score (nSPS) is 10.1. The quantitative estimate of drug-likeness (QED) is 0.788. The van der Waals surface area contributed by atoms with Crippen molar-refractivity contribution in [2.24, 2.45) is 0 Å². The lowest BCUT2D eigenvalue weighted by Crippen LogP contribution is -1.92. The summed E-state index contributed by atoms with van der Waals surface area (Å²) in [5.74, 6) is 0.319. The number of hydrogen-bond acceptors (Lipinski definition) is 3. The largest absolute Gasteiger partial charge is 0.439 e. The number of nitrogens with zero attached hydrogens (tertiary/aromatic N) is 1. The monoisotopic (exact) mass is 218 g/mol. The third kappa shape index (κ3) is 2.28. The summed E-state index contributed by atoms with van der Waals surface area (Å²) in [5.41, 5.74) is 6.49. The number of nitrogen functional groups attached to an aromatic ring is 1. The van der Waals surface area contributed by atoms with Crippen molar-refractivity contribution in [3.8, 4) is 11.6 Å². The Hall–Kier alpha value is -2.10. The maximum atomic E-state index is 13.1. The maximum Gasteiger partial charge on any atom is 0.219 e. The molecule has 0 saturated heterocycles. The van der Waals surface area contributed by atoms with Gasteiger partial charge in [-0.15, -0.1) is 0 Å².